The molecule has 23 heavy (non-hydrogen) atoms. The van der Waals surface area contributed by atoms with E-state index in [0.29, 0.717) is 0 Å². The van der Waals surface area contributed by atoms with Crippen LogP contribution in [0.25, 0.3) is 0 Å². The maximum Gasteiger partial charge on any atom is 0.311 e. The molecule has 0 unspecified atom stereocenters. The third kappa shape index (κ3) is 13.5. The van der Waals surface area contributed by atoms with Gasteiger partial charge in [0.1, 0.15) is 0 Å². The zero-order valence-corrected chi connectivity index (χ0v) is 22.6. The third-order valence-corrected chi connectivity index (χ3v) is 16.0. The van der Waals surface area contributed by atoms with Crippen LogP contribution in [0.5, 0.6) is 0 Å². The molecule has 0 amide bonds. The molecule has 0 aliphatic heterocycles. The molecule has 2 nitrogen and oxygen atoms in total. The molecular formula is C16H40O2Si5. The highest BCUT2D eigenvalue weighted by Crippen LogP contribution is 2.22. The van der Waals surface area contributed by atoms with E-state index in [1.165, 1.54) is 6.04 Å². The predicted octanol–water partition coefficient (Wildman–Crippen LogP) is 5.69. The van der Waals surface area contributed by atoms with Gasteiger partial charge in [-0.1, -0.05) is 50.2 Å². The number of rotatable bonds is 9. The van der Waals surface area contributed by atoms with Gasteiger partial charge in [0.05, 0.1) is 8.07 Å². The molecule has 0 bridgehead atoms. The minimum Gasteiger partial charge on any atom is -0.433 e. The lowest BCUT2D eigenvalue weighted by Crippen LogP contribution is -2.51. The summed E-state index contributed by atoms with van der Waals surface area (Å²) >= 11 is 0. The van der Waals surface area contributed by atoms with Crippen molar-refractivity contribution in [1.29, 1.82) is 0 Å². The van der Waals surface area contributed by atoms with E-state index in [0.717, 1.165) is 0 Å². The Hall–Kier alpha value is 0.484. The Bertz CT molecular complexity index is 421. The van der Waals surface area contributed by atoms with Crippen LogP contribution in [0.2, 0.25) is 78.1 Å². The van der Waals surface area contributed by atoms with Gasteiger partial charge in [0, 0.05) is 8.80 Å². The maximum atomic E-state index is 6.58. The van der Waals surface area contributed by atoms with Gasteiger partial charge in [-0.3, -0.25) is 0 Å². The van der Waals surface area contributed by atoms with E-state index in [1.54, 1.807) is 0 Å². The lowest BCUT2D eigenvalue weighted by atomic mass is 10.8. The highest BCUT2D eigenvalue weighted by molar-refractivity contribution is 6.91. The topological polar surface area (TPSA) is 18.5 Å². The smallest absolute Gasteiger partial charge is 0.311 e. The summed E-state index contributed by atoms with van der Waals surface area (Å²) in [5.41, 5.74) is 7.18. The molecule has 0 aliphatic rings. The standard InChI is InChI=1S/C16H40O2Si5/c1-19(2)13-12-14-21(6,7)17-23(10,11)18-22(8,9)16-15-20(3,4)5/h12,14-16,19H,13H2,1-11H3. The molecule has 0 saturated carbocycles. The highest BCUT2D eigenvalue weighted by atomic mass is 28.5. The van der Waals surface area contributed by atoms with Gasteiger partial charge in [-0.25, -0.2) is 0 Å². The average molecular weight is 405 g/mol. The summed E-state index contributed by atoms with van der Waals surface area (Å²) in [6, 6.07) is 1.27. The molecule has 0 N–H and O–H groups in total. The van der Waals surface area contributed by atoms with E-state index >= 15 is 0 Å². The van der Waals surface area contributed by atoms with Crippen LogP contribution in [-0.4, -0.2) is 42.1 Å². The quantitative estimate of drug-likeness (QED) is 0.460. The van der Waals surface area contributed by atoms with E-state index in [4.69, 9.17) is 8.23 Å². The Labute approximate surface area is 151 Å². The van der Waals surface area contributed by atoms with Crippen LogP contribution in [0.4, 0.5) is 0 Å². The Morgan fingerprint density at radius 2 is 1.13 bits per heavy atom. The Balaban J connectivity index is 4.86. The molecular weight excluding hydrogens is 365 g/mol. The molecule has 0 heterocycles. The van der Waals surface area contributed by atoms with Crippen LogP contribution >= 0.6 is 0 Å². The molecule has 0 aliphatic carbocycles. The minimum atomic E-state index is -2.10. The van der Waals surface area contributed by atoms with E-state index in [9.17, 15) is 0 Å². The third-order valence-electron chi connectivity index (χ3n) is 3.13. The molecule has 0 saturated heterocycles. The second kappa shape index (κ2) is 8.73. The molecule has 0 fully saturated rings. The minimum absolute atomic E-state index is 0.512. The summed E-state index contributed by atoms with van der Waals surface area (Å²) in [4.78, 5) is 0. The van der Waals surface area contributed by atoms with Gasteiger partial charge in [0.25, 0.3) is 0 Å². The van der Waals surface area contributed by atoms with Gasteiger partial charge < -0.3 is 8.23 Å². The van der Waals surface area contributed by atoms with Crippen molar-refractivity contribution in [2.75, 3.05) is 0 Å². The van der Waals surface area contributed by atoms with E-state index in [1.807, 2.05) is 0 Å². The van der Waals surface area contributed by atoms with Crippen molar-refractivity contribution in [3.63, 3.8) is 0 Å². The van der Waals surface area contributed by atoms with Gasteiger partial charge in [-0.2, -0.15) is 0 Å². The molecule has 0 aromatic rings. The van der Waals surface area contributed by atoms with E-state index in [-0.39, 0.29) is 0 Å². The first kappa shape index (κ1) is 23.5. The fourth-order valence-electron chi connectivity index (χ4n) is 2.43. The molecule has 0 rings (SSSR count). The Morgan fingerprint density at radius 1 is 0.696 bits per heavy atom. The van der Waals surface area contributed by atoms with Crippen LogP contribution < -0.4 is 0 Å². The van der Waals surface area contributed by atoms with Gasteiger partial charge in [0.2, 0.25) is 0 Å². The summed E-state index contributed by atoms with van der Waals surface area (Å²) in [5.74, 6) is 0. The molecule has 0 radical (unpaired) electrons. The number of hydrogen-bond acceptors (Lipinski definition) is 2. The highest BCUT2D eigenvalue weighted by Gasteiger charge is 2.37. The Kier molecular flexibility index (Phi) is 8.91. The van der Waals surface area contributed by atoms with Crippen molar-refractivity contribution in [2.24, 2.45) is 0 Å². The lowest BCUT2D eigenvalue weighted by molar-refractivity contribution is 0.400. The molecule has 136 valence electrons. The van der Waals surface area contributed by atoms with Crippen molar-refractivity contribution >= 4 is 42.1 Å². The van der Waals surface area contributed by atoms with Crippen molar-refractivity contribution in [3.05, 3.63) is 23.2 Å². The van der Waals surface area contributed by atoms with Crippen molar-refractivity contribution < 1.29 is 8.23 Å². The monoisotopic (exact) mass is 404 g/mol. The fraction of sp³-hybridized carbons (Fsp3) is 0.750. The largest absolute Gasteiger partial charge is 0.433 e. The molecule has 0 atom stereocenters. The Morgan fingerprint density at radius 3 is 1.52 bits per heavy atom. The predicted molar refractivity (Wildman–Crippen MR) is 120 cm³/mol. The van der Waals surface area contributed by atoms with E-state index < -0.39 is 42.1 Å². The number of hydrogen-bond donors (Lipinski definition) is 0. The van der Waals surface area contributed by atoms with Crippen molar-refractivity contribution in [3.8, 4) is 0 Å². The fourth-order valence-corrected chi connectivity index (χ4v) is 18.9. The van der Waals surface area contributed by atoms with Gasteiger partial charge in [0.15, 0.2) is 16.6 Å². The van der Waals surface area contributed by atoms with Crippen LogP contribution in [0, 0.1) is 0 Å². The summed E-state index contributed by atoms with van der Waals surface area (Å²) in [6.45, 7) is 25.5. The van der Waals surface area contributed by atoms with Gasteiger partial charge in [-0.05, 0) is 45.3 Å². The van der Waals surface area contributed by atoms with Crippen LogP contribution in [-0.2, 0) is 8.23 Å². The first-order valence-corrected chi connectivity index (χ1v) is 24.3. The first-order valence-electron chi connectivity index (χ1n) is 8.82. The summed E-state index contributed by atoms with van der Waals surface area (Å²) in [7, 11) is -7.36. The van der Waals surface area contributed by atoms with Crippen LogP contribution in [0.3, 0.4) is 0 Å². The summed E-state index contributed by atoms with van der Waals surface area (Å²) in [6.07, 6.45) is 2.36. The van der Waals surface area contributed by atoms with Gasteiger partial charge >= 0.3 is 8.56 Å². The lowest BCUT2D eigenvalue weighted by Gasteiger charge is -2.36. The second-order valence-electron chi connectivity index (χ2n) is 9.54. The number of allylic oxidation sites excluding steroid dienone is 1. The molecule has 0 aromatic carbocycles. The average Bonchev–Trinajstić information content (AvgIpc) is 2.21. The normalized spacial score (nSPS) is 15.3. The molecule has 0 aromatic heterocycles. The SMILES string of the molecule is C[SiH](C)CC=C[Si](C)(C)O[Si](C)(C)O[Si](C)(C)C=C[Si](C)(C)C. The van der Waals surface area contributed by atoms with Gasteiger partial charge in [-0.15, -0.1) is 5.70 Å². The summed E-state index contributed by atoms with van der Waals surface area (Å²) < 4.78 is 13.2. The molecule has 0 spiro atoms. The van der Waals surface area contributed by atoms with Crippen LogP contribution in [0.1, 0.15) is 0 Å². The zero-order valence-electron chi connectivity index (χ0n) is 17.4. The zero-order chi connectivity index (χ0) is 18.5. The second-order valence-corrected chi connectivity index (χ2v) is 29.4. The first-order chi connectivity index (χ1) is 10.0. The van der Waals surface area contributed by atoms with Crippen molar-refractivity contribution in [2.45, 2.75) is 78.1 Å². The maximum absolute atomic E-state index is 6.58. The van der Waals surface area contributed by atoms with Crippen molar-refractivity contribution in [1.82, 2.24) is 0 Å². The van der Waals surface area contributed by atoms with E-state index in [2.05, 4.69) is 95.2 Å². The van der Waals surface area contributed by atoms with Crippen LogP contribution in [0.15, 0.2) is 23.2 Å². The summed E-state index contributed by atoms with van der Waals surface area (Å²) in [5, 5.41) is 0. The molecule has 7 heteroatoms.